The van der Waals surface area contributed by atoms with E-state index in [4.69, 9.17) is 11.2 Å². The van der Waals surface area contributed by atoms with Gasteiger partial charge in [0.1, 0.15) is 47.2 Å². The molecular weight excluding hydrogens is 562 g/mol. The fourth-order valence-electron chi connectivity index (χ4n) is 6.80. The molecule has 3 aliphatic heterocycles. The van der Waals surface area contributed by atoms with Crippen LogP contribution in [-0.4, -0.2) is 69.5 Å². The molecule has 7 rings (SSSR count). The van der Waals surface area contributed by atoms with E-state index in [1.54, 1.807) is 4.90 Å². The Labute approximate surface area is 244 Å². The molecule has 5 heterocycles. The Balaban J connectivity index is 1.39. The first-order valence-corrected chi connectivity index (χ1v) is 14.2. The summed E-state index contributed by atoms with van der Waals surface area (Å²) >= 11 is 0. The standard InChI is InChI=1S/C32H27F4N5O2/c1-2-22-25(35)7-6-18-11-21(42)12-23(26(18)22)28-27(36)29-24(14-37-28)30(40-9-3-5-19(33)15-40)39-31(38-29)43-17-32-8-4-10-41(32)16-20(34)13-32/h1,5-7,11-12,14,20,42H,3-4,8-10,13,15-17H2/t20-,32?/m1/s1. The predicted octanol–water partition coefficient (Wildman–Crippen LogP) is 5.83. The number of halogens is 4. The van der Waals surface area contributed by atoms with E-state index >= 15 is 4.39 Å². The van der Waals surface area contributed by atoms with Crippen LogP contribution in [0.25, 0.3) is 32.9 Å². The maximum atomic E-state index is 16.6. The fourth-order valence-corrected chi connectivity index (χ4v) is 6.80. The predicted molar refractivity (Wildman–Crippen MR) is 154 cm³/mol. The zero-order valence-electron chi connectivity index (χ0n) is 23.1. The zero-order chi connectivity index (χ0) is 29.9. The van der Waals surface area contributed by atoms with Crippen LogP contribution < -0.4 is 9.64 Å². The summed E-state index contributed by atoms with van der Waals surface area (Å²) in [5.74, 6) is 0.484. The number of ether oxygens (including phenoxy) is 1. The second kappa shape index (κ2) is 10.4. The van der Waals surface area contributed by atoms with Crippen LogP contribution in [0, 0.1) is 24.0 Å². The molecule has 43 heavy (non-hydrogen) atoms. The van der Waals surface area contributed by atoms with E-state index in [-0.39, 0.29) is 69.7 Å². The van der Waals surface area contributed by atoms with Gasteiger partial charge in [-0.1, -0.05) is 12.0 Å². The zero-order valence-corrected chi connectivity index (χ0v) is 23.1. The first-order valence-electron chi connectivity index (χ1n) is 14.2. The highest BCUT2D eigenvalue weighted by Gasteiger charge is 2.49. The molecular formula is C32H27F4N5O2. The van der Waals surface area contributed by atoms with E-state index in [1.807, 2.05) is 0 Å². The van der Waals surface area contributed by atoms with Crippen LogP contribution in [0.5, 0.6) is 11.8 Å². The number of fused-ring (bicyclic) bond motifs is 3. The van der Waals surface area contributed by atoms with E-state index in [2.05, 4.69) is 25.8 Å². The van der Waals surface area contributed by atoms with E-state index in [0.29, 0.717) is 31.3 Å². The second-order valence-electron chi connectivity index (χ2n) is 11.4. The summed E-state index contributed by atoms with van der Waals surface area (Å²) in [6.07, 6.45) is 9.96. The van der Waals surface area contributed by atoms with Gasteiger partial charge in [-0.05, 0) is 55.5 Å². The highest BCUT2D eigenvalue weighted by molar-refractivity contribution is 6.03. The van der Waals surface area contributed by atoms with Gasteiger partial charge in [-0.15, -0.1) is 6.42 Å². The number of aromatic hydroxyl groups is 1. The summed E-state index contributed by atoms with van der Waals surface area (Å²) in [7, 11) is 0. The third kappa shape index (κ3) is 4.61. The molecule has 0 bridgehead atoms. The van der Waals surface area contributed by atoms with Crippen molar-refractivity contribution in [1.82, 2.24) is 19.9 Å². The number of aromatic nitrogens is 3. The van der Waals surface area contributed by atoms with Crippen molar-refractivity contribution in [2.75, 3.05) is 37.7 Å². The van der Waals surface area contributed by atoms with Crippen LogP contribution in [0.4, 0.5) is 23.4 Å². The lowest BCUT2D eigenvalue weighted by atomic mass is 9.95. The molecule has 2 aromatic carbocycles. The Bertz CT molecular complexity index is 1860. The van der Waals surface area contributed by atoms with Gasteiger partial charge in [0, 0.05) is 36.7 Å². The molecule has 4 aromatic rings. The lowest BCUT2D eigenvalue weighted by Crippen LogP contribution is -2.43. The van der Waals surface area contributed by atoms with Gasteiger partial charge in [0.25, 0.3) is 0 Å². The van der Waals surface area contributed by atoms with Gasteiger partial charge in [0.15, 0.2) is 5.82 Å². The van der Waals surface area contributed by atoms with Gasteiger partial charge >= 0.3 is 6.01 Å². The first kappa shape index (κ1) is 27.4. The lowest BCUT2D eigenvalue weighted by Gasteiger charge is -2.31. The van der Waals surface area contributed by atoms with Crippen molar-refractivity contribution in [2.24, 2.45) is 0 Å². The van der Waals surface area contributed by atoms with Crippen LogP contribution in [-0.2, 0) is 0 Å². The van der Waals surface area contributed by atoms with E-state index in [9.17, 15) is 18.3 Å². The van der Waals surface area contributed by atoms with Gasteiger partial charge in [-0.25, -0.2) is 17.6 Å². The summed E-state index contributed by atoms with van der Waals surface area (Å²) in [6, 6.07) is 5.16. The summed E-state index contributed by atoms with van der Waals surface area (Å²) in [5.41, 5.74) is -0.870. The normalized spacial score (nSPS) is 22.2. The van der Waals surface area contributed by atoms with Gasteiger partial charge in [0.05, 0.1) is 23.0 Å². The minimum atomic E-state index is -0.957. The molecule has 0 aliphatic carbocycles. The molecule has 0 spiro atoms. The van der Waals surface area contributed by atoms with E-state index in [1.165, 1.54) is 36.5 Å². The molecule has 0 radical (unpaired) electrons. The SMILES string of the molecule is C#Cc1c(F)ccc2cc(O)cc(-c3ncc4c(N5CCC=C(F)C5)nc(OCC56CCCN5C[C@H](F)C6)nc4c3F)c12. The van der Waals surface area contributed by atoms with Gasteiger partial charge in [-0.2, -0.15) is 9.97 Å². The maximum Gasteiger partial charge on any atom is 0.319 e. The number of nitrogens with zero attached hydrogens (tertiary/aromatic N) is 5. The number of anilines is 1. The van der Waals surface area contributed by atoms with Crippen molar-refractivity contribution in [3.8, 4) is 35.4 Å². The molecule has 11 heteroatoms. The molecule has 220 valence electrons. The van der Waals surface area contributed by atoms with Crippen molar-refractivity contribution in [2.45, 2.75) is 37.4 Å². The summed E-state index contributed by atoms with van der Waals surface area (Å²) in [4.78, 5) is 17.1. The average Bonchev–Trinajstić information content (AvgIpc) is 3.51. The van der Waals surface area contributed by atoms with Crippen molar-refractivity contribution in [1.29, 1.82) is 0 Å². The van der Waals surface area contributed by atoms with Crippen LogP contribution in [0.15, 0.2) is 42.4 Å². The number of benzene rings is 2. The third-order valence-electron chi connectivity index (χ3n) is 8.73. The highest BCUT2D eigenvalue weighted by Crippen LogP contribution is 2.42. The minimum Gasteiger partial charge on any atom is -0.508 e. The van der Waals surface area contributed by atoms with E-state index in [0.717, 1.165) is 19.4 Å². The summed E-state index contributed by atoms with van der Waals surface area (Å²) in [6.45, 7) is 1.58. The smallest absolute Gasteiger partial charge is 0.319 e. The molecule has 7 nitrogen and oxygen atoms in total. The molecule has 0 amide bonds. The first-order chi connectivity index (χ1) is 20.8. The molecule has 2 fully saturated rings. The van der Waals surface area contributed by atoms with Gasteiger partial charge < -0.3 is 14.7 Å². The van der Waals surface area contributed by atoms with Crippen LogP contribution in [0.1, 0.15) is 31.2 Å². The Morgan fingerprint density at radius 1 is 1.16 bits per heavy atom. The molecule has 2 aromatic heterocycles. The molecule has 0 saturated carbocycles. The topological polar surface area (TPSA) is 74.6 Å². The Kier molecular flexibility index (Phi) is 6.62. The molecule has 2 atom stereocenters. The number of phenols is 1. The number of alkyl halides is 1. The molecule has 1 unspecified atom stereocenters. The largest absolute Gasteiger partial charge is 0.508 e. The quantitative estimate of drug-likeness (QED) is 0.232. The summed E-state index contributed by atoms with van der Waals surface area (Å²) in [5, 5.41) is 11.3. The van der Waals surface area contributed by atoms with Crippen LogP contribution >= 0.6 is 0 Å². The number of hydrogen-bond donors (Lipinski definition) is 1. The van der Waals surface area contributed by atoms with Crippen molar-refractivity contribution in [3.05, 3.63) is 59.6 Å². The van der Waals surface area contributed by atoms with Crippen molar-refractivity contribution >= 4 is 27.5 Å². The number of pyridine rings is 1. The minimum absolute atomic E-state index is 0.0713. The number of phenolic OH excluding ortho intramolecular Hbond substituents is 1. The fraction of sp³-hybridized carbons (Fsp3) is 0.344. The maximum absolute atomic E-state index is 16.6. The monoisotopic (exact) mass is 589 g/mol. The van der Waals surface area contributed by atoms with Crippen LogP contribution in [0.3, 0.4) is 0 Å². The Morgan fingerprint density at radius 2 is 2.02 bits per heavy atom. The highest BCUT2D eigenvalue weighted by atomic mass is 19.1. The van der Waals surface area contributed by atoms with Crippen LogP contribution in [0.2, 0.25) is 0 Å². The van der Waals surface area contributed by atoms with Crippen molar-refractivity contribution in [3.63, 3.8) is 0 Å². The Morgan fingerprint density at radius 3 is 2.84 bits per heavy atom. The van der Waals surface area contributed by atoms with Gasteiger partial charge in [0.2, 0.25) is 0 Å². The number of terminal acetylenes is 1. The molecule has 3 aliphatic rings. The molecule has 2 saturated heterocycles. The summed E-state index contributed by atoms with van der Waals surface area (Å²) < 4.78 is 66.1. The van der Waals surface area contributed by atoms with E-state index < -0.39 is 23.3 Å². The number of rotatable bonds is 5. The average molecular weight is 590 g/mol. The number of hydrogen-bond acceptors (Lipinski definition) is 7. The van der Waals surface area contributed by atoms with Crippen molar-refractivity contribution < 1.29 is 27.4 Å². The lowest BCUT2D eigenvalue weighted by molar-refractivity contribution is 0.107. The molecule has 1 N–H and O–H groups in total. The second-order valence-corrected chi connectivity index (χ2v) is 11.4. The third-order valence-corrected chi connectivity index (χ3v) is 8.73. The Hall–Kier alpha value is -4.43. The van der Waals surface area contributed by atoms with Gasteiger partial charge in [-0.3, -0.25) is 9.88 Å².